The van der Waals surface area contributed by atoms with Gasteiger partial charge >= 0.3 is 0 Å². The molecule has 0 aliphatic carbocycles. The monoisotopic (exact) mass is 287 g/mol. The lowest BCUT2D eigenvalue weighted by molar-refractivity contribution is -0.384. The summed E-state index contributed by atoms with van der Waals surface area (Å²) < 4.78 is 0. The Labute approximate surface area is 122 Å². The van der Waals surface area contributed by atoms with E-state index in [0.29, 0.717) is 17.5 Å². The van der Waals surface area contributed by atoms with Gasteiger partial charge in [-0.25, -0.2) is 4.98 Å². The molecule has 1 heterocycles. The van der Waals surface area contributed by atoms with E-state index in [1.54, 1.807) is 18.3 Å². The first-order chi connectivity index (χ1) is 9.95. The molecule has 7 heteroatoms. The number of aromatic nitrogens is 2. The summed E-state index contributed by atoms with van der Waals surface area (Å²) in [7, 11) is 0. The van der Waals surface area contributed by atoms with Gasteiger partial charge in [0.25, 0.3) is 5.69 Å². The molecule has 0 bridgehead atoms. The van der Waals surface area contributed by atoms with E-state index in [1.807, 2.05) is 20.8 Å². The van der Waals surface area contributed by atoms with E-state index >= 15 is 0 Å². The molecule has 2 N–H and O–H groups in total. The van der Waals surface area contributed by atoms with Gasteiger partial charge in [-0.05, 0) is 26.8 Å². The van der Waals surface area contributed by atoms with Crippen molar-refractivity contribution in [2.24, 2.45) is 0 Å². The smallest absolute Gasteiger partial charge is 0.271 e. The second-order valence-electron chi connectivity index (χ2n) is 4.96. The Balaban J connectivity index is 2.26. The highest BCUT2D eigenvalue weighted by Gasteiger charge is 2.09. The molecule has 0 amide bonds. The molecule has 7 nitrogen and oxygen atoms in total. The maximum atomic E-state index is 10.8. The number of rotatable bonds is 5. The van der Waals surface area contributed by atoms with E-state index < -0.39 is 4.92 Å². The fourth-order valence-electron chi connectivity index (χ4n) is 1.73. The zero-order valence-corrected chi connectivity index (χ0v) is 12.1. The Morgan fingerprint density at radius 3 is 2.76 bits per heavy atom. The van der Waals surface area contributed by atoms with Crippen LogP contribution in [0.2, 0.25) is 0 Å². The number of benzene rings is 1. The summed E-state index contributed by atoms with van der Waals surface area (Å²) in [6.45, 7) is 5.87. The van der Waals surface area contributed by atoms with Crippen molar-refractivity contribution in [3.63, 3.8) is 0 Å². The quantitative estimate of drug-likeness (QED) is 0.647. The van der Waals surface area contributed by atoms with Crippen molar-refractivity contribution >= 4 is 23.1 Å². The fourth-order valence-corrected chi connectivity index (χ4v) is 1.73. The largest absolute Gasteiger partial charge is 0.352 e. The van der Waals surface area contributed by atoms with E-state index in [9.17, 15) is 10.1 Å². The highest BCUT2D eigenvalue weighted by atomic mass is 16.6. The van der Waals surface area contributed by atoms with Gasteiger partial charge in [0.05, 0.1) is 4.92 Å². The van der Waals surface area contributed by atoms with Crippen LogP contribution < -0.4 is 10.6 Å². The van der Waals surface area contributed by atoms with Crippen LogP contribution in [-0.4, -0.2) is 20.9 Å². The molecule has 0 fully saturated rings. The van der Waals surface area contributed by atoms with Gasteiger partial charge in [-0.2, -0.15) is 4.98 Å². The third kappa shape index (κ3) is 3.88. The van der Waals surface area contributed by atoms with Gasteiger partial charge in [-0.15, -0.1) is 0 Å². The number of aryl methyl sites for hydroxylation is 1. The van der Waals surface area contributed by atoms with Crippen LogP contribution in [0.15, 0.2) is 30.5 Å². The number of nitro benzene ring substituents is 1. The van der Waals surface area contributed by atoms with Gasteiger partial charge in [-0.1, -0.05) is 6.07 Å². The molecular weight excluding hydrogens is 270 g/mol. The third-order valence-electron chi connectivity index (χ3n) is 2.71. The second-order valence-corrected chi connectivity index (χ2v) is 4.96. The minimum absolute atomic E-state index is 0.0345. The van der Waals surface area contributed by atoms with Gasteiger partial charge in [0, 0.05) is 35.6 Å². The van der Waals surface area contributed by atoms with Gasteiger partial charge in [-0.3, -0.25) is 10.1 Å². The minimum Gasteiger partial charge on any atom is -0.352 e. The maximum Gasteiger partial charge on any atom is 0.271 e. The van der Waals surface area contributed by atoms with Crippen LogP contribution in [0, 0.1) is 17.0 Å². The lowest BCUT2D eigenvalue weighted by Crippen LogP contribution is -2.13. The molecule has 21 heavy (non-hydrogen) atoms. The molecule has 0 aliphatic heterocycles. The van der Waals surface area contributed by atoms with Crippen molar-refractivity contribution in [1.82, 2.24) is 9.97 Å². The van der Waals surface area contributed by atoms with Gasteiger partial charge in [0.1, 0.15) is 5.82 Å². The molecule has 0 unspecified atom stereocenters. The van der Waals surface area contributed by atoms with E-state index in [-0.39, 0.29) is 11.7 Å². The van der Waals surface area contributed by atoms with Crippen molar-refractivity contribution < 1.29 is 4.92 Å². The molecule has 0 radical (unpaired) electrons. The molecule has 0 atom stereocenters. The molecule has 110 valence electrons. The Morgan fingerprint density at radius 1 is 1.33 bits per heavy atom. The number of non-ortho nitro benzene ring substituents is 1. The topological polar surface area (TPSA) is 93.0 Å². The van der Waals surface area contributed by atoms with Crippen molar-refractivity contribution in [2.45, 2.75) is 26.8 Å². The lowest BCUT2D eigenvalue weighted by Gasteiger charge is -2.12. The van der Waals surface area contributed by atoms with Crippen molar-refractivity contribution in [2.75, 3.05) is 10.6 Å². The summed E-state index contributed by atoms with van der Waals surface area (Å²) >= 11 is 0. The third-order valence-corrected chi connectivity index (χ3v) is 2.71. The van der Waals surface area contributed by atoms with E-state index in [1.165, 1.54) is 12.1 Å². The van der Waals surface area contributed by atoms with E-state index in [4.69, 9.17) is 0 Å². The molecule has 1 aromatic heterocycles. The predicted octanol–water partition coefficient (Wildman–Crippen LogP) is 3.26. The van der Waals surface area contributed by atoms with Crippen LogP contribution in [0.4, 0.5) is 23.1 Å². The standard InChI is InChI=1S/C14H17N5O2/c1-9(2)16-14-15-8-10(3)13(18-14)17-11-5-4-6-12(7-11)19(20)21/h4-9H,1-3H3,(H2,15,16,17,18). The Morgan fingerprint density at radius 2 is 2.10 bits per heavy atom. The van der Waals surface area contributed by atoms with Crippen LogP contribution in [0.1, 0.15) is 19.4 Å². The van der Waals surface area contributed by atoms with Crippen molar-refractivity contribution in [3.8, 4) is 0 Å². The zero-order chi connectivity index (χ0) is 15.4. The molecule has 2 aromatic rings. The van der Waals surface area contributed by atoms with Crippen LogP contribution in [0.3, 0.4) is 0 Å². The zero-order valence-electron chi connectivity index (χ0n) is 12.1. The number of anilines is 3. The summed E-state index contributed by atoms with van der Waals surface area (Å²) in [5.74, 6) is 1.14. The highest BCUT2D eigenvalue weighted by Crippen LogP contribution is 2.22. The van der Waals surface area contributed by atoms with Crippen molar-refractivity contribution in [3.05, 3.63) is 46.1 Å². The van der Waals surface area contributed by atoms with Gasteiger partial charge in [0.15, 0.2) is 0 Å². The molecule has 1 aromatic carbocycles. The summed E-state index contributed by atoms with van der Waals surface area (Å²) in [6.07, 6.45) is 1.71. The lowest BCUT2D eigenvalue weighted by atomic mass is 10.2. The molecule has 2 rings (SSSR count). The van der Waals surface area contributed by atoms with Gasteiger partial charge < -0.3 is 10.6 Å². The first kappa shape index (κ1) is 14.7. The number of hydrogen-bond acceptors (Lipinski definition) is 6. The average Bonchev–Trinajstić information content (AvgIpc) is 2.42. The highest BCUT2D eigenvalue weighted by molar-refractivity contribution is 5.62. The van der Waals surface area contributed by atoms with E-state index in [0.717, 1.165) is 5.56 Å². The summed E-state index contributed by atoms with van der Waals surface area (Å²) in [5, 5.41) is 17.0. The molecule has 0 aliphatic rings. The summed E-state index contributed by atoms with van der Waals surface area (Å²) in [4.78, 5) is 18.9. The summed E-state index contributed by atoms with van der Waals surface area (Å²) in [5.41, 5.74) is 1.50. The predicted molar refractivity (Wildman–Crippen MR) is 81.9 cm³/mol. The number of hydrogen-bond donors (Lipinski definition) is 2. The number of nitrogens with zero attached hydrogens (tertiary/aromatic N) is 3. The first-order valence-corrected chi connectivity index (χ1v) is 6.57. The van der Waals surface area contributed by atoms with E-state index in [2.05, 4.69) is 20.6 Å². The SMILES string of the molecule is Cc1cnc(NC(C)C)nc1Nc1cccc([N+](=O)[O-])c1. The van der Waals surface area contributed by atoms with Crippen molar-refractivity contribution in [1.29, 1.82) is 0 Å². The van der Waals surface area contributed by atoms with Gasteiger partial charge in [0.2, 0.25) is 5.95 Å². The van der Waals surface area contributed by atoms with Crippen LogP contribution in [0.5, 0.6) is 0 Å². The van der Waals surface area contributed by atoms with Crippen LogP contribution >= 0.6 is 0 Å². The average molecular weight is 287 g/mol. The number of nitro groups is 1. The Hall–Kier alpha value is -2.70. The first-order valence-electron chi connectivity index (χ1n) is 6.57. The fraction of sp³-hybridized carbons (Fsp3) is 0.286. The molecule has 0 spiro atoms. The normalized spacial score (nSPS) is 10.5. The van der Waals surface area contributed by atoms with Crippen LogP contribution in [0.25, 0.3) is 0 Å². The summed E-state index contributed by atoms with van der Waals surface area (Å²) in [6, 6.07) is 6.52. The second kappa shape index (κ2) is 6.17. The Bertz CT molecular complexity index is 658. The minimum atomic E-state index is -0.427. The van der Waals surface area contributed by atoms with Crippen LogP contribution in [-0.2, 0) is 0 Å². The molecule has 0 saturated carbocycles. The molecular formula is C14H17N5O2. The molecule has 0 saturated heterocycles. The number of nitrogens with one attached hydrogen (secondary N) is 2. The maximum absolute atomic E-state index is 10.8. The Kier molecular flexibility index (Phi) is 4.32.